The Hall–Kier alpha value is -3.84. The molecule has 3 aromatic carbocycles. The second kappa shape index (κ2) is 9.19. The molecule has 0 bridgehead atoms. The number of carbonyl (C=O) groups is 1. The van der Waals surface area contributed by atoms with Crippen LogP contribution in [0.15, 0.2) is 66.4 Å². The molecule has 3 aromatic rings. The van der Waals surface area contributed by atoms with Crippen molar-refractivity contribution in [2.75, 3.05) is 48.8 Å². The number of fused-ring (bicyclic) bond motifs is 1. The van der Waals surface area contributed by atoms with E-state index in [4.69, 9.17) is 4.74 Å². The summed E-state index contributed by atoms with van der Waals surface area (Å²) in [5.41, 5.74) is 5.81. The lowest BCUT2D eigenvalue weighted by molar-refractivity contribution is -0.110. The summed E-state index contributed by atoms with van der Waals surface area (Å²) in [6.45, 7) is 5.83. The fourth-order valence-electron chi connectivity index (χ4n) is 4.61. The molecule has 2 aliphatic heterocycles. The number of methoxy groups -OCH3 is 1. The van der Waals surface area contributed by atoms with Gasteiger partial charge in [-0.2, -0.15) is 0 Å². The zero-order chi connectivity index (χ0) is 23.7. The molecule has 1 amide bonds. The van der Waals surface area contributed by atoms with Gasteiger partial charge in [0.1, 0.15) is 11.6 Å². The molecular weight excluding hydrogens is 431 g/mol. The summed E-state index contributed by atoms with van der Waals surface area (Å²) in [7, 11) is 1.52. The van der Waals surface area contributed by atoms with Crippen molar-refractivity contribution in [2.24, 2.45) is 0 Å². The predicted molar refractivity (Wildman–Crippen MR) is 135 cm³/mol. The van der Waals surface area contributed by atoms with Crippen molar-refractivity contribution in [2.45, 2.75) is 6.92 Å². The van der Waals surface area contributed by atoms with E-state index in [9.17, 15) is 9.18 Å². The number of nitrogens with zero attached hydrogens (tertiary/aromatic N) is 1. The lowest BCUT2D eigenvalue weighted by atomic mass is 9.97. The molecule has 174 valence electrons. The maximum Gasteiger partial charge on any atom is 0.258 e. The fourth-order valence-corrected chi connectivity index (χ4v) is 4.61. The van der Waals surface area contributed by atoms with Crippen molar-refractivity contribution < 1.29 is 13.9 Å². The van der Waals surface area contributed by atoms with Crippen LogP contribution >= 0.6 is 0 Å². The summed E-state index contributed by atoms with van der Waals surface area (Å²) in [5.74, 6) is -0.112. The van der Waals surface area contributed by atoms with Crippen LogP contribution in [-0.4, -0.2) is 39.2 Å². The Bertz CT molecular complexity index is 1260. The highest BCUT2D eigenvalue weighted by Crippen LogP contribution is 2.40. The van der Waals surface area contributed by atoms with E-state index in [1.165, 1.54) is 18.9 Å². The molecule has 34 heavy (non-hydrogen) atoms. The monoisotopic (exact) mass is 458 g/mol. The van der Waals surface area contributed by atoms with Gasteiger partial charge < -0.3 is 25.6 Å². The van der Waals surface area contributed by atoms with Crippen LogP contribution < -0.4 is 25.6 Å². The molecule has 6 nitrogen and oxygen atoms in total. The summed E-state index contributed by atoms with van der Waals surface area (Å²) >= 11 is 0. The Labute approximate surface area is 198 Å². The molecule has 2 aliphatic rings. The van der Waals surface area contributed by atoms with Gasteiger partial charge in [-0.15, -0.1) is 0 Å². The third-order valence-corrected chi connectivity index (χ3v) is 6.30. The molecule has 0 aliphatic carbocycles. The average molecular weight is 459 g/mol. The standard InChI is InChI=1S/C27H27FN4O2/c1-17(30-19-7-9-20(10-8-19)32-14-12-29-13-15-32)25-21-16-18(6-11-23(21)31-27(25)33)26-22(28)4-3-5-24(26)34-2/h3-11,16,29-30H,12-15H2,1-2H3,(H,31,33)/b25-17-. The molecule has 3 N–H and O–H groups in total. The smallest absolute Gasteiger partial charge is 0.258 e. The number of rotatable bonds is 5. The van der Waals surface area contributed by atoms with Crippen LogP contribution in [0, 0.1) is 5.82 Å². The van der Waals surface area contributed by atoms with Crippen molar-refractivity contribution in [1.82, 2.24) is 5.32 Å². The van der Waals surface area contributed by atoms with Crippen LogP contribution in [0.4, 0.5) is 21.5 Å². The predicted octanol–water partition coefficient (Wildman–Crippen LogP) is 4.71. The van der Waals surface area contributed by atoms with E-state index in [0.29, 0.717) is 28.1 Å². The van der Waals surface area contributed by atoms with Gasteiger partial charge in [-0.25, -0.2) is 4.39 Å². The number of benzene rings is 3. The topological polar surface area (TPSA) is 65.6 Å². The minimum Gasteiger partial charge on any atom is -0.496 e. The molecule has 7 heteroatoms. The van der Waals surface area contributed by atoms with Crippen LogP contribution in [0.25, 0.3) is 16.7 Å². The first kappa shape index (κ1) is 22.0. The number of halogens is 1. The van der Waals surface area contributed by atoms with Crippen molar-refractivity contribution in [3.63, 3.8) is 0 Å². The second-order valence-corrected chi connectivity index (χ2v) is 8.44. The van der Waals surface area contributed by atoms with E-state index in [0.717, 1.165) is 43.1 Å². The lowest BCUT2D eigenvalue weighted by Crippen LogP contribution is -2.43. The molecule has 0 saturated carbocycles. The van der Waals surface area contributed by atoms with Gasteiger partial charge in [-0.1, -0.05) is 12.1 Å². The van der Waals surface area contributed by atoms with Gasteiger partial charge in [0.15, 0.2) is 0 Å². The normalized spacial score (nSPS) is 16.7. The first-order valence-corrected chi connectivity index (χ1v) is 11.4. The second-order valence-electron chi connectivity index (χ2n) is 8.44. The number of anilines is 3. The molecule has 0 spiro atoms. The van der Waals surface area contributed by atoms with Crippen molar-refractivity contribution >= 4 is 28.5 Å². The minimum atomic E-state index is -0.374. The molecule has 2 heterocycles. The number of piperazine rings is 1. The van der Waals surface area contributed by atoms with Gasteiger partial charge in [0.25, 0.3) is 5.91 Å². The quantitative estimate of drug-likeness (QED) is 0.484. The average Bonchev–Trinajstić information content (AvgIpc) is 3.19. The number of ether oxygens (including phenoxy) is 1. The number of hydrogen-bond donors (Lipinski definition) is 3. The summed E-state index contributed by atoms with van der Waals surface area (Å²) in [5, 5.41) is 9.64. The fraction of sp³-hybridized carbons (Fsp3) is 0.222. The molecular formula is C27H27FN4O2. The van der Waals surface area contributed by atoms with Crippen LogP contribution in [0.5, 0.6) is 5.75 Å². The van der Waals surface area contributed by atoms with Gasteiger partial charge in [-0.05, 0) is 61.0 Å². The number of allylic oxidation sites excluding steroid dienone is 1. The Morgan fingerprint density at radius 3 is 2.56 bits per heavy atom. The maximum absolute atomic E-state index is 14.7. The van der Waals surface area contributed by atoms with Crippen molar-refractivity contribution in [3.05, 3.63) is 77.7 Å². The van der Waals surface area contributed by atoms with E-state index in [-0.39, 0.29) is 11.7 Å². The highest BCUT2D eigenvalue weighted by Gasteiger charge is 2.27. The van der Waals surface area contributed by atoms with Crippen LogP contribution in [0.2, 0.25) is 0 Å². The van der Waals surface area contributed by atoms with Crippen molar-refractivity contribution in [1.29, 1.82) is 0 Å². The van der Waals surface area contributed by atoms with E-state index < -0.39 is 0 Å². The maximum atomic E-state index is 14.7. The van der Waals surface area contributed by atoms with Gasteiger partial charge in [-0.3, -0.25) is 4.79 Å². The zero-order valence-electron chi connectivity index (χ0n) is 19.2. The molecule has 1 saturated heterocycles. The van der Waals surface area contributed by atoms with E-state index in [1.54, 1.807) is 24.3 Å². The van der Waals surface area contributed by atoms with E-state index in [1.807, 2.05) is 25.1 Å². The molecule has 0 aromatic heterocycles. The molecule has 1 fully saturated rings. The zero-order valence-corrected chi connectivity index (χ0v) is 19.2. The highest BCUT2D eigenvalue weighted by molar-refractivity contribution is 6.32. The molecule has 0 unspecified atom stereocenters. The SMILES string of the molecule is COc1cccc(F)c1-c1ccc2c(c1)/C(=C(\C)Nc1ccc(N3CCNCC3)cc1)C(=O)N2. The van der Waals surface area contributed by atoms with Gasteiger partial charge in [0, 0.05) is 54.5 Å². The molecule has 0 atom stereocenters. The summed E-state index contributed by atoms with van der Waals surface area (Å²) < 4.78 is 20.0. The number of nitrogens with one attached hydrogen (secondary N) is 3. The van der Waals surface area contributed by atoms with Crippen molar-refractivity contribution in [3.8, 4) is 16.9 Å². The Balaban J connectivity index is 1.45. The number of carbonyl (C=O) groups excluding carboxylic acids is 1. The number of amides is 1. The largest absolute Gasteiger partial charge is 0.496 e. The van der Waals surface area contributed by atoms with Gasteiger partial charge in [0.2, 0.25) is 0 Å². The van der Waals surface area contributed by atoms with E-state index in [2.05, 4.69) is 33.0 Å². The first-order chi connectivity index (χ1) is 16.5. The van der Waals surface area contributed by atoms with Gasteiger partial charge >= 0.3 is 0 Å². The first-order valence-electron chi connectivity index (χ1n) is 11.4. The van der Waals surface area contributed by atoms with Crippen LogP contribution in [0.3, 0.4) is 0 Å². The lowest BCUT2D eigenvalue weighted by Gasteiger charge is -2.29. The molecule has 0 radical (unpaired) electrons. The Morgan fingerprint density at radius 1 is 1.06 bits per heavy atom. The minimum absolute atomic E-state index is 0.185. The Morgan fingerprint density at radius 2 is 1.82 bits per heavy atom. The summed E-state index contributed by atoms with van der Waals surface area (Å²) in [6, 6.07) is 18.4. The Kier molecular flexibility index (Phi) is 5.94. The van der Waals surface area contributed by atoms with Crippen LogP contribution in [0.1, 0.15) is 12.5 Å². The third-order valence-electron chi connectivity index (χ3n) is 6.30. The van der Waals surface area contributed by atoms with E-state index >= 15 is 0 Å². The summed E-state index contributed by atoms with van der Waals surface area (Å²) in [4.78, 5) is 15.2. The summed E-state index contributed by atoms with van der Waals surface area (Å²) in [6.07, 6.45) is 0. The van der Waals surface area contributed by atoms with Crippen LogP contribution in [-0.2, 0) is 4.79 Å². The third kappa shape index (κ3) is 4.10. The van der Waals surface area contributed by atoms with Gasteiger partial charge in [0.05, 0.1) is 18.2 Å². The molecule has 5 rings (SSSR count). The number of hydrogen-bond acceptors (Lipinski definition) is 5. The highest BCUT2D eigenvalue weighted by atomic mass is 19.1.